The lowest BCUT2D eigenvalue weighted by molar-refractivity contribution is -0.138. The van der Waals surface area contributed by atoms with E-state index >= 15 is 0 Å². The molecule has 0 fully saturated rings. The molecule has 0 spiro atoms. The van der Waals surface area contributed by atoms with Gasteiger partial charge in [0.15, 0.2) is 5.13 Å². The fourth-order valence-corrected chi connectivity index (χ4v) is 3.29. The van der Waals surface area contributed by atoms with Crippen LogP contribution < -0.4 is 10.9 Å². The number of carbonyl (C=O) groups is 1. The largest absolute Gasteiger partial charge is 0.417 e. The number of hydrogen-bond donors (Lipinski definition) is 1. The normalized spacial score (nSPS) is 11.5. The Balaban J connectivity index is 1.73. The fraction of sp³-hybridized carbons (Fsp3) is 0.118. The summed E-state index contributed by atoms with van der Waals surface area (Å²) in [6.07, 6.45) is -4.01. The van der Waals surface area contributed by atoms with Crippen LogP contribution >= 0.6 is 34.5 Å². The third-order valence-corrected chi connectivity index (χ3v) is 5.09. The van der Waals surface area contributed by atoms with Gasteiger partial charge in [0.2, 0.25) is 5.91 Å². The Bertz CT molecular complexity index is 1100. The summed E-state index contributed by atoms with van der Waals surface area (Å²) < 4.78 is 39.0. The van der Waals surface area contributed by atoms with Crippen LogP contribution in [0.1, 0.15) is 5.56 Å². The van der Waals surface area contributed by atoms with Gasteiger partial charge in [-0.15, -0.1) is 11.3 Å². The molecule has 0 atom stereocenters. The first-order valence-corrected chi connectivity index (χ1v) is 9.25. The van der Waals surface area contributed by atoms with E-state index in [1.54, 1.807) is 23.6 Å². The van der Waals surface area contributed by atoms with Crippen molar-refractivity contribution in [1.29, 1.82) is 0 Å². The van der Waals surface area contributed by atoms with Gasteiger partial charge in [0.05, 0.1) is 21.3 Å². The zero-order valence-corrected chi connectivity index (χ0v) is 16.1. The molecule has 0 bridgehead atoms. The second-order valence-corrected chi connectivity index (χ2v) is 7.27. The van der Waals surface area contributed by atoms with Crippen molar-refractivity contribution in [2.24, 2.45) is 0 Å². The van der Waals surface area contributed by atoms with Crippen LogP contribution in [0, 0.1) is 0 Å². The summed E-state index contributed by atoms with van der Waals surface area (Å²) >= 11 is 13.0. The van der Waals surface area contributed by atoms with Gasteiger partial charge in [0.25, 0.3) is 5.56 Å². The Labute approximate surface area is 170 Å². The second-order valence-electron chi connectivity index (χ2n) is 5.60. The van der Waals surface area contributed by atoms with Gasteiger partial charge in [-0.25, -0.2) is 4.98 Å². The summed E-state index contributed by atoms with van der Waals surface area (Å²) in [5.41, 5.74) is -0.523. The molecule has 0 aliphatic rings. The number of carbonyl (C=O) groups excluding carboxylic acids is 1. The zero-order valence-electron chi connectivity index (χ0n) is 13.8. The number of hydrogen-bond acceptors (Lipinski definition) is 4. The average Bonchev–Trinajstić information content (AvgIpc) is 3.06. The maximum absolute atomic E-state index is 12.8. The Kier molecular flexibility index (Phi) is 5.78. The predicted molar refractivity (Wildman–Crippen MR) is 102 cm³/mol. The van der Waals surface area contributed by atoms with Crippen molar-refractivity contribution < 1.29 is 18.0 Å². The molecule has 1 amide bonds. The molecule has 0 aliphatic carbocycles. The Morgan fingerprint density at radius 3 is 2.61 bits per heavy atom. The van der Waals surface area contributed by atoms with E-state index in [0.717, 1.165) is 17.4 Å². The van der Waals surface area contributed by atoms with E-state index in [2.05, 4.69) is 10.3 Å². The molecule has 5 nitrogen and oxygen atoms in total. The highest BCUT2D eigenvalue weighted by molar-refractivity contribution is 7.14. The van der Waals surface area contributed by atoms with Crippen LogP contribution in [-0.4, -0.2) is 15.5 Å². The summed E-state index contributed by atoms with van der Waals surface area (Å²) in [7, 11) is 0. The number of rotatable bonds is 4. The molecule has 0 saturated carbocycles. The third-order valence-electron chi connectivity index (χ3n) is 3.59. The van der Waals surface area contributed by atoms with E-state index in [1.165, 1.54) is 0 Å². The van der Waals surface area contributed by atoms with Crippen LogP contribution in [0.25, 0.3) is 11.3 Å². The van der Waals surface area contributed by atoms with Crippen LogP contribution in [0.15, 0.2) is 46.7 Å². The van der Waals surface area contributed by atoms with Crippen LogP contribution in [0.2, 0.25) is 10.0 Å². The molecule has 0 unspecified atom stereocenters. The van der Waals surface area contributed by atoms with E-state index in [4.69, 9.17) is 23.2 Å². The van der Waals surface area contributed by atoms with Gasteiger partial charge in [-0.3, -0.25) is 9.59 Å². The molecular formula is C17H10Cl2F3N3O2S. The van der Waals surface area contributed by atoms with E-state index in [9.17, 15) is 22.8 Å². The van der Waals surface area contributed by atoms with Gasteiger partial charge in [0, 0.05) is 23.2 Å². The fourth-order valence-electron chi connectivity index (χ4n) is 2.26. The first kappa shape index (κ1) is 20.4. The minimum atomic E-state index is -4.62. The minimum Gasteiger partial charge on any atom is -0.305 e. The number of pyridine rings is 1. The van der Waals surface area contributed by atoms with Crippen LogP contribution in [-0.2, 0) is 17.5 Å². The molecule has 146 valence electrons. The monoisotopic (exact) mass is 447 g/mol. The van der Waals surface area contributed by atoms with Crippen LogP contribution in [0.4, 0.5) is 18.3 Å². The maximum Gasteiger partial charge on any atom is 0.417 e. The SMILES string of the molecule is O=C(Cn1cc(C(F)(F)F)ccc1=O)Nc1nc(-c2ccc(Cl)c(Cl)c2)cs1. The molecule has 2 heterocycles. The molecule has 28 heavy (non-hydrogen) atoms. The van der Waals surface area contributed by atoms with Crippen molar-refractivity contribution >= 4 is 45.6 Å². The molecular weight excluding hydrogens is 438 g/mol. The Morgan fingerprint density at radius 2 is 1.93 bits per heavy atom. The van der Waals surface area contributed by atoms with Gasteiger partial charge in [-0.1, -0.05) is 29.3 Å². The van der Waals surface area contributed by atoms with E-state index in [0.29, 0.717) is 38.1 Å². The number of alkyl halides is 3. The number of nitrogens with zero attached hydrogens (tertiary/aromatic N) is 2. The Hall–Kier alpha value is -2.36. The van der Waals surface area contributed by atoms with Gasteiger partial charge in [-0.2, -0.15) is 13.2 Å². The molecule has 0 aliphatic heterocycles. The summed E-state index contributed by atoms with van der Waals surface area (Å²) in [5, 5.41) is 5.10. The van der Waals surface area contributed by atoms with E-state index in [1.807, 2.05) is 0 Å². The summed E-state index contributed by atoms with van der Waals surface area (Å²) in [6.45, 7) is -0.579. The molecule has 0 saturated heterocycles. The first-order chi connectivity index (χ1) is 13.1. The summed E-state index contributed by atoms with van der Waals surface area (Å²) in [6, 6.07) is 6.36. The number of benzene rings is 1. The average molecular weight is 448 g/mol. The summed E-state index contributed by atoms with van der Waals surface area (Å²) in [4.78, 5) is 28.1. The Morgan fingerprint density at radius 1 is 1.18 bits per heavy atom. The quantitative estimate of drug-likeness (QED) is 0.616. The summed E-state index contributed by atoms with van der Waals surface area (Å²) in [5.74, 6) is -0.684. The molecule has 3 rings (SSSR count). The number of thiazole rings is 1. The van der Waals surface area contributed by atoms with Gasteiger partial charge in [0.1, 0.15) is 6.54 Å². The lowest BCUT2D eigenvalue weighted by Gasteiger charge is -2.10. The number of anilines is 1. The standard InChI is InChI=1S/C17H10Cl2F3N3O2S/c18-11-3-1-9(5-12(11)19)13-8-28-16(23-13)24-14(26)7-25-6-10(17(20,21)22)2-4-15(25)27/h1-6,8H,7H2,(H,23,24,26). The van der Waals surface area contributed by atoms with Gasteiger partial charge >= 0.3 is 6.18 Å². The highest BCUT2D eigenvalue weighted by Crippen LogP contribution is 2.30. The predicted octanol–water partition coefficient (Wildman–Crippen LogP) is 4.94. The van der Waals surface area contributed by atoms with Crippen molar-refractivity contribution in [2.45, 2.75) is 12.7 Å². The van der Waals surface area contributed by atoms with Crippen molar-refractivity contribution in [3.8, 4) is 11.3 Å². The number of aromatic nitrogens is 2. The van der Waals surface area contributed by atoms with Crippen molar-refractivity contribution in [2.75, 3.05) is 5.32 Å². The van der Waals surface area contributed by atoms with E-state index < -0.39 is 29.8 Å². The molecule has 1 N–H and O–H groups in total. The van der Waals surface area contributed by atoms with Crippen LogP contribution in [0.3, 0.4) is 0 Å². The van der Waals surface area contributed by atoms with E-state index in [-0.39, 0.29) is 5.13 Å². The molecule has 2 aromatic heterocycles. The molecule has 3 aromatic rings. The molecule has 0 radical (unpaired) electrons. The second kappa shape index (κ2) is 7.94. The smallest absolute Gasteiger partial charge is 0.305 e. The first-order valence-electron chi connectivity index (χ1n) is 7.62. The highest BCUT2D eigenvalue weighted by atomic mass is 35.5. The lowest BCUT2D eigenvalue weighted by atomic mass is 10.2. The number of nitrogens with one attached hydrogen (secondary N) is 1. The zero-order chi connectivity index (χ0) is 20.5. The third kappa shape index (κ3) is 4.73. The van der Waals surface area contributed by atoms with Crippen molar-refractivity contribution in [1.82, 2.24) is 9.55 Å². The van der Waals surface area contributed by atoms with Crippen LogP contribution in [0.5, 0.6) is 0 Å². The highest BCUT2D eigenvalue weighted by Gasteiger charge is 2.31. The number of amides is 1. The maximum atomic E-state index is 12.8. The molecule has 1 aromatic carbocycles. The topological polar surface area (TPSA) is 64.0 Å². The molecule has 11 heteroatoms. The van der Waals surface area contributed by atoms with Gasteiger partial charge in [-0.05, 0) is 18.2 Å². The minimum absolute atomic E-state index is 0.228. The van der Waals surface area contributed by atoms with Gasteiger partial charge < -0.3 is 9.88 Å². The lowest BCUT2D eigenvalue weighted by Crippen LogP contribution is -2.28. The van der Waals surface area contributed by atoms with Crippen molar-refractivity contribution in [3.05, 3.63) is 67.9 Å². The van der Waals surface area contributed by atoms with Crippen molar-refractivity contribution in [3.63, 3.8) is 0 Å². The number of halogens is 5.